The van der Waals surface area contributed by atoms with Gasteiger partial charge in [-0.15, -0.1) is 0 Å². The molecule has 0 spiro atoms. The molecule has 2 rings (SSSR count). The van der Waals surface area contributed by atoms with Crippen LogP contribution in [-0.4, -0.2) is 68.1 Å². The molecule has 0 aromatic carbocycles. The van der Waals surface area contributed by atoms with Gasteiger partial charge in [0.25, 0.3) is 10.2 Å². The van der Waals surface area contributed by atoms with E-state index in [1.807, 2.05) is 6.92 Å². The average molecular weight is 305 g/mol. The molecule has 2 atom stereocenters. The van der Waals surface area contributed by atoms with Gasteiger partial charge in [-0.3, -0.25) is 4.90 Å². The highest BCUT2D eigenvalue weighted by atomic mass is 32.2. The Kier molecular flexibility index (Phi) is 5.42. The number of aliphatic hydroxyl groups is 1. The van der Waals surface area contributed by atoms with E-state index in [1.54, 1.807) is 0 Å². The number of likely N-dealkylation sites (N-methyl/N-ethyl adjacent to an activating group) is 1. The van der Waals surface area contributed by atoms with Crippen molar-refractivity contribution in [3.05, 3.63) is 0 Å². The molecule has 0 radical (unpaired) electrons. The molecule has 1 heterocycles. The summed E-state index contributed by atoms with van der Waals surface area (Å²) in [6.07, 6.45) is 4.17. The minimum absolute atomic E-state index is 0.0623. The number of hydrogen-bond acceptors (Lipinski definition) is 4. The number of rotatable bonds is 7. The largest absolute Gasteiger partial charge is 0.396 e. The number of hydrogen-bond donors (Lipinski definition) is 2. The first kappa shape index (κ1) is 16.2. The molecule has 1 aliphatic carbocycles. The fourth-order valence-corrected chi connectivity index (χ4v) is 4.11. The van der Waals surface area contributed by atoms with Crippen LogP contribution in [0.1, 0.15) is 32.6 Å². The van der Waals surface area contributed by atoms with Crippen molar-refractivity contribution in [2.45, 2.75) is 44.7 Å². The highest BCUT2D eigenvalue weighted by Gasteiger charge is 2.31. The van der Waals surface area contributed by atoms with Crippen molar-refractivity contribution in [2.75, 3.05) is 33.3 Å². The lowest BCUT2D eigenvalue weighted by molar-refractivity contribution is 0.164. The van der Waals surface area contributed by atoms with Gasteiger partial charge in [0.15, 0.2) is 0 Å². The van der Waals surface area contributed by atoms with Crippen LogP contribution in [-0.2, 0) is 10.2 Å². The Morgan fingerprint density at radius 1 is 1.40 bits per heavy atom. The predicted molar refractivity (Wildman–Crippen MR) is 78.6 cm³/mol. The van der Waals surface area contributed by atoms with Crippen LogP contribution < -0.4 is 4.72 Å². The van der Waals surface area contributed by atoms with Crippen molar-refractivity contribution in [1.82, 2.24) is 13.9 Å². The lowest BCUT2D eigenvalue weighted by atomic mass is 10.0. The summed E-state index contributed by atoms with van der Waals surface area (Å²) in [5, 5.41) is 9.18. The second-order valence-electron chi connectivity index (χ2n) is 6.15. The maximum absolute atomic E-state index is 12.3. The Bertz CT molecular complexity index is 411. The van der Waals surface area contributed by atoms with E-state index in [0.29, 0.717) is 25.7 Å². The summed E-state index contributed by atoms with van der Waals surface area (Å²) in [7, 11) is -1.36. The smallest absolute Gasteiger partial charge is 0.279 e. The van der Waals surface area contributed by atoms with Gasteiger partial charge in [0.2, 0.25) is 0 Å². The van der Waals surface area contributed by atoms with Crippen LogP contribution in [0.3, 0.4) is 0 Å². The Labute approximate surface area is 122 Å². The summed E-state index contributed by atoms with van der Waals surface area (Å²) in [4.78, 5) is 2.25. The van der Waals surface area contributed by atoms with E-state index in [0.717, 1.165) is 12.8 Å². The number of nitrogens with one attached hydrogen (secondary N) is 1. The molecular formula is C13H27N3O3S. The van der Waals surface area contributed by atoms with Gasteiger partial charge in [0.1, 0.15) is 0 Å². The number of piperidine rings is 1. The molecule has 1 saturated carbocycles. The van der Waals surface area contributed by atoms with Crippen LogP contribution in [0.5, 0.6) is 0 Å². The molecule has 6 nitrogen and oxygen atoms in total. The van der Waals surface area contributed by atoms with Crippen molar-refractivity contribution < 1.29 is 13.5 Å². The highest BCUT2D eigenvalue weighted by Crippen LogP contribution is 2.26. The van der Waals surface area contributed by atoms with Gasteiger partial charge in [-0.25, -0.2) is 4.72 Å². The lowest BCUT2D eigenvalue weighted by Crippen LogP contribution is -2.49. The third-order valence-corrected chi connectivity index (χ3v) is 6.00. The Morgan fingerprint density at radius 3 is 2.70 bits per heavy atom. The zero-order valence-corrected chi connectivity index (χ0v) is 13.3. The van der Waals surface area contributed by atoms with Crippen molar-refractivity contribution in [3.8, 4) is 0 Å². The van der Waals surface area contributed by atoms with E-state index in [4.69, 9.17) is 0 Å². The molecule has 20 heavy (non-hydrogen) atoms. The van der Waals surface area contributed by atoms with Gasteiger partial charge in [-0.2, -0.15) is 12.7 Å². The van der Waals surface area contributed by atoms with Gasteiger partial charge in [-0.1, -0.05) is 0 Å². The Morgan fingerprint density at radius 2 is 2.10 bits per heavy atom. The first-order chi connectivity index (χ1) is 9.44. The van der Waals surface area contributed by atoms with E-state index in [-0.39, 0.29) is 18.6 Å². The molecular weight excluding hydrogens is 278 g/mol. The summed E-state index contributed by atoms with van der Waals surface area (Å²) < 4.78 is 28.7. The van der Waals surface area contributed by atoms with E-state index in [1.165, 1.54) is 17.1 Å². The third-order valence-electron chi connectivity index (χ3n) is 4.46. The SMILES string of the molecule is CC(CNS(=O)(=O)N1CCCC(CO)C1)N(C)C1CC1. The molecule has 0 amide bonds. The normalized spacial score (nSPS) is 26.9. The van der Waals surface area contributed by atoms with Gasteiger partial charge in [-0.05, 0) is 45.6 Å². The first-order valence-electron chi connectivity index (χ1n) is 7.51. The van der Waals surface area contributed by atoms with Crippen molar-refractivity contribution in [1.29, 1.82) is 0 Å². The maximum Gasteiger partial charge on any atom is 0.279 e. The van der Waals surface area contributed by atoms with Gasteiger partial charge in [0, 0.05) is 38.3 Å². The molecule has 0 aromatic heterocycles. The van der Waals surface area contributed by atoms with Crippen LogP contribution in [0.2, 0.25) is 0 Å². The summed E-state index contributed by atoms with van der Waals surface area (Å²) in [6, 6.07) is 0.832. The molecule has 1 aliphatic heterocycles. The van der Waals surface area contributed by atoms with E-state index >= 15 is 0 Å². The van der Waals surface area contributed by atoms with Crippen LogP contribution in [0.4, 0.5) is 0 Å². The summed E-state index contributed by atoms with van der Waals surface area (Å²) >= 11 is 0. The lowest BCUT2D eigenvalue weighted by Gasteiger charge is -2.32. The minimum Gasteiger partial charge on any atom is -0.396 e. The van der Waals surface area contributed by atoms with Crippen LogP contribution in [0.25, 0.3) is 0 Å². The fourth-order valence-electron chi connectivity index (χ4n) is 2.70. The molecule has 2 aliphatic rings. The monoisotopic (exact) mass is 305 g/mol. The summed E-state index contributed by atoms with van der Waals surface area (Å²) in [5.41, 5.74) is 0. The zero-order chi connectivity index (χ0) is 14.8. The first-order valence-corrected chi connectivity index (χ1v) is 8.95. The second kappa shape index (κ2) is 6.70. The van der Waals surface area contributed by atoms with E-state index < -0.39 is 10.2 Å². The van der Waals surface area contributed by atoms with E-state index in [9.17, 15) is 13.5 Å². The number of aliphatic hydroxyl groups excluding tert-OH is 1. The average Bonchev–Trinajstić information content (AvgIpc) is 3.28. The summed E-state index contributed by atoms with van der Waals surface area (Å²) in [5.74, 6) is 0.0758. The van der Waals surface area contributed by atoms with Crippen LogP contribution in [0.15, 0.2) is 0 Å². The number of nitrogens with zero attached hydrogens (tertiary/aromatic N) is 2. The quantitative estimate of drug-likeness (QED) is 0.695. The molecule has 0 aromatic rings. The second-order valence-corrected chi connectivity index (χ2v) is 7.90. The zero-order valence-electron chi connectivity index (χ0n) is 12.5. The Balaban J connectivity index is 1.83. The predicted octanol–water partition coefficient (Wildman–Crippen LogP) is 0.00780. The molecule has 2 unspecified atom stereocenters. The fraction of sp³-hybridized carbons (Fsp3) is 1.00. The summed E-state index contributed by atoms with van der Waals surface area (Å²) in [6.45, 7) is 3.54. The highest BCUT2D eigenvalue weighted by molar-refractivity contribution is 7.87. The molecule has 118 valence electrons. The van der Waals surface area contributed by atoms with Crippen molar-refractivity contribution in [3.63, 3.8) is 0 Å². The topological polar surface area (TPSA) is 72.9 Å². The maximum atomic E-state index is 12.3. The molecule has 7 heteroatoms. The van der Waals surface area contributed by atoms with Gasteiger partial charge in [0.05, 0.1) is 0 Å². The molecule has 1 saturated heterocycles. The minimum atomic E-state index is -3.41. The van der Waals surface area contributed by atoms with Gasteiger partial charge < -0.3 is 5.11 Å². The van der Waals surface area contributed by atoms with Crippen LogP contribution >= 0.6 is 0 Å². The van der Waals surface area contributed by atoms with Crippen LogP contribution in [0, 0.1) is 5.92 Å². The molecule has 2 fully saturated rings. The van der Waals surface area contributed by atoms with Crippen molar-refractivity contribution >= 4 is 10.2 Å². The van der Waals surface area contributed by atoms with E-state index in [2.05, 4.69) is 16.7 Å². The standard InChI is InChI=1S/C13H27N3O3S/c1-11(15(2)13-5-6-13)8-14-20(18,19)16-7-3-4-12(9-16)10-17/h11-14,17H,3-10H2,1-2H3. The Hall–Kier alpha value is -0.210. The van der Waals surface area contributed by atoms with Crippen molar-refractivity contribution in [2.24, 2.45) is 5.92 Å². The molecule has 2 N–H and O–H groups in total. The van der Waals surface area contributed by atoms with Gasteiger partial charge >= 0.3 is 0 Å². The molecule has 0 bridgehead atoms. The third kappa shape index (κ3) is 4.14.